The number of carboxylic acid groups (broad SMARTS) is 1. The molecule has 1 atom stereocenters. The molecule has 8 heteroatoms. The van der Waals surface area contributed by atoms with Crippen molar-refractivity contribution in [1.82, 2.24) is 25.4 Å². The molecule has 0 saturated heterocycles. The van der Waals surface area contributed by atoms with E-state index in [0.29, 0.717) is 12.2 Å². The Balaban J connectivity index is 2.49. The molecule has 0 aliphatic rings. The lowest BCUT2D eigenvalue weighted by atomic mass is 9.87. The Hall–Kier alpha value is -2.12. The topological polar surface area (TPSA) is 109 Å². The summed E-state index contributed by atoms with van der Waals surface area (Å²) in [5.74, 6) is -0.436. The van der Waals surface area contributed by atoms with E-state index in [1.165, 1.54) is 0 Å². The number of aliphatic carboxylic acids is 1. The summed E-state index contributed by atoms with van der Waals surface area (Å²) in [6.07, 6.45) is 2.02. The van der Waals surface area contributed by atoms with Crippen molar-refractivity contribution in [1.29, 1.82) is 0 Å². The Morgan fingerprint density at radius 3 is 2.57 bits per heavy atom. The SMILES string of the molecule is Cn1cnc(CNC(=O)NC(CC(=O)O)CC(C)(C)C)n1. The Labute approximate surface area is 123 Å². The average Bonchev–Trinajstić information content (AvgIpc) is 2.69. The first-order valence-electron chi connectivity index (χ1n) is 6.76. The highest BCUT2D eigenvalue weighted by Crippen LogP contribution is 2.22. The lowest BCUT2D eigenvalue weighted by Gasteiger charge is -2.25. The molecule has 8 nitrogen and oxygen atoms in total. The first-order chi connectivity index (χ1) is 9.65. The predicted molar refractivity (Wildman–Crippen MR) is 76.5 cm³/mol. The molecule has 1 heterocycles. The largest absolute Gasteiger partial charge is 0.481 e. The monoisotopic (exact) mass is 297 g/mol. The molecule has 118 valence electrons. The summed E-state index contributed by atoms with van der Waals surface area (Å²) in [6.45, 7) is 6.19. The number of hydrogen-bond acceptors (Lipinski definition) is 4. The van der Waals surface area contributed by atoms with Crippen LogP contribution in [0, 0.1) is 5.41 Å². The van der Waals surface area contributed by atoms with E-state index in [0.717, 1.165) is 0 Å². The first-order valence-corrected chi connectivity index (χ1v) is 6.76. The second-order valence-electron chi connectivity index (χ2n) is 6.22. The van der Waals surface area contributed by atoms with Crippen LogP contribution in [0.4, 0.5) is 4.79 Å². The number of rotatable bonds is 6. The number of hydrogen-bond donors (Lipinski definition) is 3. The van der Waals surface area contributed by atoms with Gasteiger partial charge in [0, 0.05) is 13.1 Å². The molecule has 0 radical (unpaired) electrons. The summed E-state index contributed by atoms with van der Waals surface area (Å²) in [6, 6.07) is -0.836. The van der Waals surface area contributed by atoms with Crippen LogP contribution in [0.1, 0.15) is 39.4 Å². The number of carbonyl (C=O) groups excluding carboxylic acids is 1. The molecule has 3 N–H and O–H groups in total. The lowest BCUT2D eigenvalue weighted by molar-refractivity contribution is -0.137. The van der Waals surface area contributed by atoms with Crippen molar-refractivity contribution < 1.29 is 14.7 Å². The third-order valence-electron chi connectivity index (χ3n) is 2.67. The van der Waals surface area contributed by atoms with Gasteiger partial charge in [-0.1, -0.05) is 20.8 Å². The van der Waals surface area contributed by atoms with Crippen molar-refractivity contribution in [2.75, 3.05) is 0 Å². The van der Waals surface area contributed by atoms with E-state index in [1.54, 1.807) is 18.1 Å². The van der Waals surface area contributed by atoms with Crippen molar-refractivity contribution in [3.63, 3.8) is 0 Å². The zero-order chi connectivity index (χ0) is 16.0. The van der Waals surface area contributed by atoms with Gasteiger partial charge in [-0.15, -0.1) is 0 Å². The van der Waals surface area contributed by atoms with Crippen LogP contribution >= 0.6 is 0 Å². The van der Waals surface area contributed by atoms with Gasteiger partial charge in [0.15, 0.2) is 5.82 Å². The van der Waals surface area contributed by atoms with Crippen molar-refractivity contribution in [2.24, 2.45) is 12.5 Å². The van der Waals surface area contributed by atoms with Crippen LogP contribution in [0.5, 0.6) is 0 Å². The highest BCUT2D eigenvalue weighted by atomic mass is 16.4. The molecule has 1 unspecified atom stereocenters. The van der Waals surface area contributed by atoms with Crippen molar-refractivity contribution in [3.8, 4) is 0 Å². The molecule has 0 aliphatic carbocycles. The van der Waals surface area contributed by atoms with E-state index in [4.69, 9.17) is 5.11 Å². The van der Waals surface area contributed by atoms with Crippen LogP contribution in [-0.4, -0.2) is 37.9 Å². The minimum absolute atomic E-state index is 0.0735. The zero-order valence-corrected chi connectivity index (χ0v) is 12.9. The van der Waals surface area contributed by atoms with E-state index in [2.05, 4.69) is 20.7 Å². The minimum atomic E-state index is -0.934. The summed E-state index contributed by atoms with van der Waals surface area (Å²) in [7, 11) is 1.74. The van der Waals surface area contributed by atoms with E-state index < -0.39 is 18.0 Å². The molecule has 0 bridgehead atoms. The maximum Gasteiger partial charge on any atom is 0.315 e. The lowest BCUT2D eigenvalue weighted by Crippen LogP contribution is -2.44. The smallest absolute Gasteiger partial charge is 0.315 e. The third kappa shape index (κ3) is 7.28. The molecule has 1 rings (SSSR count). The second-order valence-corrected chi connectivity index (χ2v) is 6.22. The molecule has 21 heavy (non-hydrogen) atoms. The van der Waals surface area contributed by atoms with E-state index in [-0.39, 0.29) is 18.4 Å². The fourth-order valence-electron chi connectivity index (χ4n) is 1.98. The molecule has 0 saturated carbocycles. The number of amides is 2. The van der Waals surface area contributed by atoms with Gasteiger partial charge in [0.05, 0.1) is 13.0 Å². The first kappa shape index (κ1) is 16.9. The van der Waals surface area contributed by atoms with Crippen molar-refractivity contribution in [2.45, 2.75) is 46.2 Å². The molecular formula is C13H23N5O3. The molecular weight excluding hydrogens is 274 g/mol. The highest BCUT2D eigenvalue weighted by Gasteiger charge is 2.22. The number of aryl methyl sites for hydroxylation is 1. The summed E-state index contributed by atoms with van der Waals surface area (Å²) in [5, 5.41) is 18.3. The maximum absolute atomic E-state index is 11.8. The number of carboxylic acids is 1. The number of nitrogens with zero attached hydrogens (tertiary/aromatic N) is 3. The van der Waals surface area contributed by atoms with Gasteiger partial charge in [-0.05, 0) is 11.8 Å². The van der Waals surface area contributed by atoms with Crippen LogP contribution in [0.3, 0.4) is 0 Å². The van der Waals surface area contributed by atoms with Crippen molar-refractivity contribution in [3.05, 3.63) is 12.2 Å². The molecule has 0 aliphatic heterocycles. The second kappa shape index (κ2) is 7.05. The van der Waals surface area contributed by atoms with Crippen LogP contribution < -0.4 is 10.6 Å². The Morgan fingerprint density at radius 2 is 2.10 bits per heavy atom. The Bertz CT molecular complexity index is 492. The molecule has 0 fully saturated rings. The summed E-state index contributed by atoms with van der Waals surface area (Å²) < 4.78 is 1.54. The van der Waals surface area contributed by atoms with Crippen LogP contribution in [0.25, 0.3) is 0 Å². The van der Waals surface area contributed by atoms with E-state index in [1.807, 2.05) is 20.8 Å². The number of nitrogens with one attached hydrogen (secondary N) is 2. The minimum Gasteiger partial charge on any atom is -0.481 e. The Morgan fingerprint density at radius 1 is 1.43 bits per heavy atom. The van der Waals surface area contributed by atoms with Crippen LogP contribution in [0.2, 0.25) is 0 Å². The van der Waals surface area contributed by atoms with Crippen LogP contribution in [0.15, 0.2) is 6.33 Å². The zero-order valence-electron chi connectivity index (χ0n) is 12.9. The summed E-state index contributed by atoms with van der Waals surface area (Å²) in [5.41, 5.74) is -0.0735. The fraction of sp³-hybridized carbons (Fsp3) is 0.692. The van der Waals surface area contributed by atoms with E-state index >= 15 is 0 Å². The maximum atomic E-state index is 11.8. The number of carbonyl (C=O) groups is 2. The van der Waals surface area contributed by atoms with E-state index in [9.17, 15) is 9.59 Å². The van der Waals surface area contributed by atoms with Gasteiger partial charge >= 0.3 is 12.0 Å². The molecule has 2 amide bonds. The number of aromatic nitrogens is 3. The van der Waals surface area contributed by atoms with Gasteiger partial charge in [0.1, 0.15) is 6.33 Å². The highest BCUT2D eigenvalue weighted by molar-refractivity contribution is 5.75. The van der Waals surface area contributed by atoms with Gasteiger partial charge in [-0.25, -0.2) is 9.78 Å². The summed E-state index contributed by atoms with van der Waals surface area (Å²) >= 11 is 0. The van der Waals surface area contributed by atoms with Gasteiger partial charge in [-0.2, -0.15) is 5.10 Å². The Kier molecular flexibility index (Phi) is 5.69. The molecule has 0 aromatic carbocycles. The van der Waals surface area contributed by atoms with Gasteiger partial charge in [0.25, 0.3) is 0 Å². The van der Waals surface area contributed by atoms with Gasteiger partial charge < -0.3 is 15.7 Å². The fourth-order valence-corrected chi connectivity index (χ4v) is 1.98. The van der Waals surface area contributed by atoms with Gasteiger partial charge in [0.2, 0.25) is 0 Å². The van der Waals surface area contributed by atoms with Crippen molar-refractivity contribution >= 4 is 12.0 Å². The standard InChI is InChI=1S/C13H23N5O3/c1-13(2,3)6-9(5-11(19)20)16-12(21)14-7-10-15-8-18(4)17-10/h8-9H,5-7H2,1-4H3,(H,19,20)(H2,14,16,21). The quantitative estimate of drug-likeness (QED) is 0.722. The third-order valence-corrected chi connectivity index (χ3v) is 2.67. The summed E-state index contributed by atoms with van der Waals surface area (Å²) in [4.78, 5) is 26.7. The number of urea groups is 1. The molecule has 1 aromatic heterocycles. The predicted octanol–water partition coefficient (Wildman–Crippen LogP) is 0.894. The molecule has 1 aromatic rings. The average molecular weight is 297 g/mol. The van der Waals surface area contributed by atoms with Crippen LogP contribution in [-0.2, 0) is 18.4 Å². The normalized spacial score (nSPS) is 12.8. The van der Waals surface area contributed by atoms with Gasteiger partial charge in [-0.3, -0.25) is 9.48 Å². The molecule has 0 spiro atoms.